The molecule has 3 rings (SSSR count). The molecule has 3 heterocycles. The molecule has 0 radical (unpaired) electrons. The van der Waals surface area contributed by atoms with Crippen molar-refractivity contribution in [3.63, 3.8) is 0 Å². The van der Waals surface area contributed by atoms with Crippen LogP contribution in [0.4, 0.5) is 14.5 Å². The van der Waals surface area contributed by atoms with Crippen molar-refractivity contribution in [3.8, 4) is 11.1 Å². The molecule has 1 fully saturated rings. The third-order valence-corrected chi connectivity index (χ3v) is 6.12. The number of esters is 1. The highest BCUT2D eigenvalue weighted by Gasteiger charge is 2.37. The van der Waals surface area contributed by atoms with Crippen LogP contribution in [0.2, 0.25) is 0 Å². The lowest BCUT2D eigenvalue weighted by atomic mass is 9.82. The van der Waals surface area contributed by atoms with Gasteiger partial charge in [0.1, 0.15) is 0 Å². The van der Waals surface area contributed by atoms with E-state index in [0.717, 1.165) is 18.9 Å². The summed E-state index contributed by atoms with van der Waals surface area (Å²) in [5, 5.41) is 0. The van der Waals surface area contributed by atoms with Gasteiger partial charge < -0.3 is 14.4 Å². The van der Waals surface area contributed by atoms with Crippen LogP contribution in [-0.2, 0) is 14.3 Å². The lowest BCUT2D eigenvalue weighted by Gasteiger charge is -2.41. The van der Waals surface area contributed by atoms with Crippen LogP contribution in [0.25, 0.3) is 11.1 Å². The third-order valence-electron chi connectivity index (χ3n) is 6.12. The Kier molecular flexibility index (Phi) is 7.84. The number of aryl methyl sites for hydroxylation is 1. The minimum atomic E-state index is -1.08. The fourth-order valence-electron chi connectivity index (χ4n) is 4.28. The van der Waals surface area contributed by atoms with Crippen molar-refractivity contribution in [1.82, 2.24) is 9.97 Å². The van der Waals surface area contributed by atoms with Gasteiger partial charge in [-0.05, 0) is 71.9 Å². The Hall–Kier alpha value is -2.61. The maximum Gasteiger partial charge on any atom is 0.340 e. The average Bonchev–Trinajstić information content (AvgIpc) is 2.71. The predicted molar refractivity (Wildman–Crippen MR) is 132 cm³/mol. The number of piperidine rings is 1. The molecular formula is C27H37F2N3O3. The van der Waals surface area contributed by atoms with Gasteiger partial charge in [0.15, 0.2) is 6.10 Å². The number of rotatable bonds is 6. The van der Waals surface area contributed by atoms with Crippen molar-refractivity contribution < 1.29 is 23.0 Å². The molecule has 35 heavy (non-hydrogen) atoms. The van der Waals surface area contributed by atoms with E-state index in [2.05, 4.69) is 28.7 Å². The van der Waals surface area contributed by atoms with Crippen molar-refractivity contribution in [2.45, 2.75) is 86.0 Å². The van der Waals surface area contributed by atoms with Crippen LogP contribution in [0.1, 0.15) is 78.7 Å². The summed E-state index contributed by atoms with van der Waals surface area (Å²) in [4.78, 5) is 23.4. The van der Waals surface area contributed by atoms with E-state index in [0.29, 0.717) is 35.6 Å². The Morgan fingerprint density at radius 1 is 1.11 bits per heavy atom. The first-order chi connectivity index (χ1) is 16.2. The summed E-state index contributed by atoms with van der Waals surface area (Å²) < 4.78 is 40.4. The summed E-state index contributed by atoms with van der Waals surface area (Å²) in [5.74, 6) is -2.37. The Labute approximate surface area is 207 Å². The van der Waals surface area contributed by atoms with E-state index >= 15 is 0 Å². The number of hydrogen-bond acceptors (Lipinski definition) is 6. The maximum atomic E-state index is 14.9. The maximum absolute atomic E-state index is 14.9. The summed E-state index contributed by atoms with van der Waals surface area (Å²) in [6, 6.07) is 2.48. The minimum absolute atomic E-state index is 0.117. The molecule has 1 unspecified atom stereocenters. The summed E-state index contributed by atoms with van der Waals surface area (Å²) in [5.41, 5.74) is 1.81. The van der Waals surface area contributed by atoms with Crippen LogP contribution in [0.5, 0.6) is 0 Å². The lowest BCUT2D eigenvalue weighted by Crippen LogP contribution is -2.39. The highest BCUT2D eigenvalue weighted by atomic mass is 19.1. The topological polar surface area (TPSA) is 64.5 Å². The first-order valence-corrected chi connectivity index (χ1v) is 12.1. The van der Waals surface area contributed by atoms with Crippen molar-refractivity contribution in [2.24, 2.45) is 5.41 Å². The molecule has 8 heteroatoms. The van der Waals surface area contributed by atoms with Gasteiger partial charge in [0, 0.05) is 41.7 Å². The average molecular weight is 490 g/mol. The molecule has 6 nitrogen and oxygen atoms in total. The van der Waals surface area contributed by atoms with Gasteiger partial charge in [-0.2, -0.15) is 13.8 Å². The van der Waals surface area contributed by atoms with Gasteiger partial charge in [-0.15, -0.1) is 0 Å². The summed E-state index contributed by atoms with van der Waals surface area (Å²) in [7, 11) is 0. The first-order valence-electron chi connectivity index (χ1n) is 12.1. The molecule has 1 atom stereocenters. The van der Waals surface area contributed by atoms with Gasteiger partial charge in [0.25, 0.3) is 0 Å². The van der Waals surface area contributed by atoms with Gasteiger partial charge in [-0.1, -0.05) is 13.8 Å². The molecule has 0 aliphatic carbocycles. The van der Waals surface area contributed by atoms with Crippen LogP contribution in [0.15, 0.2) is 18.3 Å². The second-order valence-corrected chi connectivity index (χ2v) is 11.2. The molecule has 192 valence electrons. The highest BCUT2D eigenvalue weighted by Crippen LogP contribution is 2.44. The van der Waals surface area contributed by atoms with E-state index in [-0.39, 0.29) is 17.1 Å². The highest BCUT2D eigenvalue weighted by molar-refractivity contribution is 5.87. The SMILES string of the molecule is Cc1ncc(-c2ccc(F)nc2F)c(N2CCC(C)(C)CC2)c1C(OC(C)(C)C)C(=O)OC(C)C. The van der Waals surface area contributed by atoms with Gasteiger partial charge in [-0.25, -0.2) is 4.79 Å². The second kappa shape index (κ2) is 10.2. The normalized spacial score (nSPS) is 16.9. The van der Waals surface area contributed by atoms with Crippen LogP contribution >= 0.6 is 0 Å². The number of aromatic nitrogens is 2. The van der Waals surface area contributed by atoms with Crippen LogP contribution in [0.3, 0.4) is 0 Å². The second-order valence-electron chi connectivity index (χ2n) is 11.2. The molecule has 0 N–H and O–H groups in total. The van der Waals surface area contributed by atoms with Crippen molar-refractivity contribution in [2.75, 3.05) is 18.0 Å². The number of ether oxygens (including phenoxy) is 2. The van der Waals surface area contributed by atoms with E-state index in [1.165, 1.54) is 6.07 Å². The lowest BCUT2D eigenvalue weighted by molar-refractivity contribution is -0.171. The standard InChI is InChI=1S/C27H37F2N3O3/c1-16(2)34-25(33)23(35-26(4,5)6)21-17(3)30-15-19(18-9-10-20(28)31-24(18)29)22(21)32-13-11-27(7,8)12-14-32/h9-10,15-16,23H,11-14H2,1-8H3. The van der Waals surface area contributed by atoms with Crippen molar-refractivity contribution >= 4 is 11.7 Å². The van der Waals surface area contributed by atoms with Crippen LogP contribution in [-0.4, -0.2) is 40.7 Å². The molecule has 1 aliphatic heterocycles. The molecule has 0 spiro atoms. The number of carbonyl (C=O) groups excluding carboxylic acids is 1. The van der Waals surface area contributed by atoms with Crippen LogP contribution in [0, 0.1) is 24.2 Å². The zero-order valence-corrected chi connectivity index (χ0v) is 22.0. The van der Waals surface area contributed by atoms with Gasteiger partial charge in [0.05, 0.1) is 17.4 Å². The minimum Gasteiger partial charge on any atom is -0.461 e. The quantitative estimate of drug-likeness (QED) is 0.357. The smallest absolute Gasteiger partial charge is 0.340 e. The number of pyridine rings is 2. The van der Waals surface area contributed by atoms with E-state index in [1.54, 1.807) is 27.0 Å². The largest absolute Gasteiger partial charge is 0.461 e. The zero-order valence-electron chi connectivity index (χ0n) is 22.0. The van der Waals surface area contributed by atoms with Crippen molar-refractivity contribution in [1.29, 1.82) is 0 Å². The van der Waals surface area contributed by atoms with E-state index < -0.39 is 29.6 Å². The summed E-state index contributed by atoms with van der Waals surface area (Å²) in [6.45, 7) is 16.8. The van der Waals surface area contributed by atoms with Gasteiger partial charge in [-0.3, -0.25) is 4.98 Å². The molecule has 0 aromatic carbocycles. The predicted octanol–water partition coefficient (Wildman–Crippen LogP) is 6.16. The summed E-state index contributed by atoms with van der Waals surface area (Å²) in [6.07, 6.45) is 1.97. The molecule has 2 aromatic heterocycles. The fraction of sp³-hybridized carbons (Fsp3) is 0.593. The van der Waals surface area contributed by atoms with Crippen LogP contribution < -0.4 is 4.90 Å². The number of hydrogen-bond donors (Lipinski definition) is 0. The third kappa shape index (κ3) is 6.54. The molecule has 0 bridgehead atoms. The van der Waals surface area contributed by atoms with E-state index in [4.69, 9.17) is 9.47 Å². The number of halogens is 2. The Bertz CT molecular complexity index is 1070. The van der Waals surface area contributed by atoms with Crippen molar-refractivity contribution in [3.05, 3.63) is 41.5 Å². The fourth-order valence-corrected chi connectivity index (χ4v) is 4.28. The number of carbonyl (C=O) groups is 1. The monoisotopic (exact) mass is 489 g/mol. The van der Waals surface area contributed by atoms with Gasteiger partial charge >= 0.3 is 5.97 Å². The Balaban J connectivity index is 2.28. The summed E-state index contributed by atoms with van der Waals surface area (Å²) >= 11 is 0. The number of anilines is 1. The zero-order chi connectivity index (χ0) is 26.1. The number of nitrogens with zero attached hydrogens (tertiary/aromatic N) is 3. The molecule has 0 amide bonds. The molecule has 2 aromatic rings. The molecular weight excluding hydrogens is 452 g/mol. The molecule has 0 saturated carbocycles. The van der Waals surface area contributed by atoms with E-state index in [1.807, 2.05) is 20.8 Å². The molecule has 1 saturated heterocycles. The Morgan fingerprint density at radius 2 is 1.74 bits per heavy atom. The Morgan fingerprint density at radius 3 is 2.29 bits per heavy atom. The first kappa shape index (κ1) is 27.0. The van der Waals surface area contributed by atoms with E-state index in [9.17, 15) is 13.6 Å². The molecule has 1 aliphatic rings. The van der Waals surface area contributed by atoms with Gasteiger partial charge in [0.2, 0.25) is 11.9 Å².